The normalized spacial score (nSPS) is 15.8. The summed E-state index contributed by atoms with van der Waals surface area (Å²) in [5, 5.41) is 2.96. The fourth-order valence-electron chi connectivity index (χ4n) is 3.46. The number of benzene rings is 2. The molecule has 0 saturated carbocycles. The number of hydrogen-bond acceptors (Lipinski definition) is 3. The van der Waals surface area contributed by atoms with Crippen molar-refractivity contribution in [2.45, 2.75) is 33.2 Å². The SMILES string of the molecule is CCc1ccc(NC(=O)C(C)N2CCN(C(=O)c3ccc(C)c(F)c3)CC2)cc1. The van der Waals surface area contributed by atoms with Gasteiger partial charge in [-0.2, -0.15) is 0 Å². The number of piperazine rings is 1. The third-order valence-corrected chi connectivity index (χ3v) is 5.58. The summed E-state index contributed by atoms with van der Waals surface area (Å²) >= 11 is 0. The van der Waals surface area contributed by atoms with Crippen molar-refractivity contribution in [3.8, 4) is 0 Å². The molecular weight excluding hydrogens is 369 g/mol. The first-order chi connectivity index (χ1) is 13.9. The van der Waals surface area contributed by atoms with E-state index in [2.05, 4.69) is 17.1 Å². The van der Waals surface area contributed by atoms with E-state index in [1.54, 1.807) is 24.0 Å². The first-order valence-corrected chi connectivity index (χ1v) is 10.1. The second-order valence-electron chi connectivity index (χ2n) is 7.51. The van der Waals surface area contributed by atoms with Crippen molar-refractivity contribution in [3.05, 3.63) is 65.0 Å². The lowest BCUT2D eigenvalue weighted by Crippen LogP contribution is -2.54. The molecule has 5 nitrogen and oxygen atoms in total. The standard InChI is InChI=1S/C23H28FN3O2/c1-4-18-6-9-20(10-7-18)25-22(28)17(3)26-11-13-27(14-12-26)23(29)19-8-5-16(2)21(24)15-19/h5-10,15,17H,4,11-14H2,1-3H3,(H,25,28). The van der Waals surface area contributed by atoms with Gasteiger partial charge in [0.2, 0.25) is 5.91 Å². The first kappa shape index (κ1) is 21.0. The maximum atomic E-state index is 13.8. The summed E-state index contributed by atoms with van der Waals surface area (Å²) in [6, 6.07) is 12.1. The van der Waals surface area contributed by atoms with Crippen LogP contribution >= 0.6 is 0 Å². The molecular formula is C23H28FN3O2. The quantitative estimate of drug-likeness (QED) is 0.840. The van der Waals surface area contributed by atoms with Crippen LogP contribution < -0.4 is 5.32 Å². The number of nitrogens with zero attached hydrogens (tertiary/aromatic N) is 2. The molecule has 6 heteroatoms. The predicted octanol–water partition coefficient (Wildman–Crippen LogP) is 3.48. The van der Waals surface area contributed by atoms with Crippen molar-refractivity contribution in [2.24, 2.45) is 0 Å². The molecule has 0 aliphatic carbocycles. The molecule has 1 atom stereocenters. The van der Waals surface area contributed by atoms with Crippen molar-refractivity contribution in [3.63, 3.8) is 0 Å². The Morgan fingerprint density at radius 1 is 1.07 bits per heavy atom. The van der Waals surface area contributed by atoms with Crippen molar-refractivity contribution >= 4 is 17.5 Å². The van der Waals surface area contributed by atoms with E-state index < -0.39 is 0 Å². The Kier molecular flexibility index (Phi) is 6.64. The zero-order chi connectivity index (χ0) is 21.0. The molecule has 0 radical (unpaired) electrons. The van der Waals surface area contributed by atoms with E-state index in [4.69, 9.17) is 0 Å². The fraction of sp³-hybridized carbons (Fsp3) is 0.391. The van der Waals surface area contributed by atoms with E-state index in [-0.39, 0.29) is 23.7 Å². The molecule has 154 valence electrons. The van der Waals surface area contributed by atoms with Crippen molar-refractivity contribution in [1.82, 2.24) is 9.80 Å². The van der Waals surface area contributed by atoms with Gasteiger partial charge in [0, 0.05) is 37.4 Å². The number of nitrogens with one attached hydrogen (secondary N) is 1. The van der Waals surface area contributed by atoms with Crippen LogP contribution in [0.3, 0.4) is 0 Å². The summed E-state index contributed by atoms with van der Waals surface area (Å²) in [5.74, 6) is -0.599. The Balaban J connectivity index is 1.54. The molecule has 1 N–H and O–H groups in total. The third-order valence-electron chi connectivity index (χ3n) is 5.58. The Hall–Kier alpha value is -2.73. The average molecular weight is 397 g/mol. The summed E-state index contributed by atoms with van der Waals surface area (Å²) in [5.41, 5.74) is 2.90. The van der Waals surface area contributed by atoms with Crippen molar-refractivity contribution < 1.29 is 14.0 Å². The second-order valence-corrected chi connectivity index (χ2v) is 7.51. The van der Waals surface area contributed by atoms with Crippen LogP contribution in [0.5, 0.6) is 0 Å². The summed E-state index contributed by atoms with van der Waals surface area (Å²) in [6.07, 6.45) is 0.961. The molecule has 1 aliphatic rings. The molecule has 2 aromatic carbocycles. The maximum Gasteiger partial charge on any atom is 0.254 e. The number of halogens is 1. The highest BCUT2D eigenvalue weighted by atomic mass is 19.1. The topological polar surface area (TPSA) is 52.7 Å². The lowest BCUT2D eigenvalue weighted by atomic mass is 10.1. The van der Waals surface area contributed by atoms with Crippen LogP contribution in [0, 0.1) is 12.7 Å². The van der Waals surface area contributed by atoms with Gasteiger partial charge in [-0.05, 0) is 55.7 Å². The van der Waals surface area contributed by atoms with Gasteiger partial charge in [-0.3, -0.25) is 14.5 Å². The molecule has 3 rings (SSSR count). The van der Waals surface area contributed by atoms with Crippen LogP contribution in [0.25, 0.3) is 0 Å². The molecule has 2 aromatic rings. The molecule has 0 bridgehead atoms. The number of hydrogen-bond donors (Lipinski definition) is 1. The number of aryl methyl sites for hydroxylation is 2. The minimum atomic E-state index is -0.369. The van der Waals surface area contributed by atoms with Gasteiger partial charge in [0.1, 0.15) is 5.82 Å². The molecule has 1 heterocycles. The van der Waals surface area contributed by atoms with E-state index in [0.29, 0.717) is 37.3 Å². The highest BCUT2D eigenvalue weighted by Gasteiger charge is 2.28. The van der Waals surface area contributed by atoms with E-state index in [1.807, 2.05) is 31.2 Å². The van der Waals surface area contributed by atoms with Crippen LogP contribution in [0.15, 0.2) is 42.5 Å². The van der Waals surface area contributed by atoms with Gasteiger partial charge in [-0.1, -0.05) is 25.1 Å². The molecule has 2 amide bonds. The van der Waals surface area contributed by atoms with Gasteiger partial charge < -0.3 is 10.2 Å². The second kappa shape index (κ2) is 9.18. The molecule has 29 heavy (non-hydrogen) atoms. The Labute approximate surface area is 171 Å². The van der Waals surface area contributed by atoms with Gasteiger partial charge in [0.05, 0.1) is 6.04 Å². The van der Waals surface area contributed by atoms with Crippen LogP contribution in [-0.4, -0.2) is 53.8 Å². The molecule has 0 spiro atoms. The molecule has 1 fully saturated rings. The van der Waals surface area contributed by atoms with Crippen LogP contribution in [0.2, 0.25) is 0 Å². The maximum absolute atomic E-state index is 13.8. The van der Waals surface area contributed by atoms with E-state index in [9.17, 15) is 14.0 Å². The lowest BCUT2D eigenvalue weighted by molar-refractivity contribution is -0.121. The highest BCUT2D eigenvalue weighted by Crippen LogP contribution is 2.16. The van der Waals surface area contributed by atoms with Gasteiger partial charge in [-0.25, -0.2) is 4.39 Å². The van der Waals surface area contributed by atoms with Crippen LogP contribution in [0.1, 0.15) is 35.3 Å². The van der Waals surface area contributed by atoms with Crippen LogP contribution in [-0.2, 0) is 11.2 Å². The molecule has 1 saturated heterocycles. The molecule has 1 aliphatic heterocycles. The Bertz CT molecular complexity index is 874. The Morgan fingerprint density at radius 2 is 1.72 bits per heavy atom. The van der Waals surface area contributed by atoms with Crippen LogP contribution in [0.4, 0.5) is 10.1 Å². The van der Waals surface area contributed by atoms with Crippen molar-refractivity contribution in [1.29, 1.82) is 0 Å². The monoisotopic (exact) mass is 397 g/mol. The lowest BCUT2D eigenvalue weighted by Gasteiger charge is -2.37. The summed E-state index contributed by atoms with van der Waals surface area (Å²) in [7, 11) is 0. The molecule has 0 aromatic heterocycles. The number of rotatable bonds is 5. The average Bonchev–Trinajstić information content (AvgIpc) is 2.75. The zero-order valence-corrected chi connectivity index (χ0v) is 17.2. The number of carbonyl (C=O) groups excluding carboxylic acids is 2. The third kappa shape index (κ3) is 5.01. The minimum absolute atomic E-state index is 0.0605. The van der Waals surface area contributed by atoms with Crippen molar-refractivity contribution in [2.75, 3.05) is 31.5 Å². The van der Waals surface area contributed by atoms with E-state index >= 15 is 0 Å². The minimum Gasteiger partial charge on any atom is -0.336 e. The summed E-state index contributed by atoms with van der Waals surface area (Å²) in [6.45, 7) is 7.87. The summed E-state index contributed by atoms with van der Waals surface area (Å²) < 4.78 is 13.8. The van der Waals surface area contributed by atoms with E-state index in [1.165, 1.54) is 11.6 Å². The highest BCUT2D eigenvalue weighted by molar-refractivity contribution is 5.95. The zero-order valence-electron chi connectivity index (χ0n) is 17.2. The summed E-state index contributed by atoms with van der Waals surface area (Å²) in [4.78, 5) is 29.0. The van der Waals surface area contributed by atoms with Gasteiger partial charge in [0.25, 0.3) is 5.91 Å². The van der Waals surface area contributed by atoms with Gasteiger partial charge >= 0.3 is 0 Å². The fourth-order valence-corrected chi connectivity index (χ4v) is 3.46. The molecule has 1 unspecified atom stereocenters. The Morgan fingerprint density at radius 3 is 2.31 bits per heavy atom. The largest absolute Gasteiger partial charge is 0.336 e. The van der Waals surface area contributed by atoms with Gasteiger partial charge in [-0.15, -0.1) is 0 Å². The smallest absolute Gasteiger partial charge is 0.254 e. The predicted molar refractivity (Wildman–Crippen MR) is 113 cm³/mol. The number of amides is 2. The number of carbonyl (C=O) groups is 2. The van der Waals surface area contributed by atoms with E-state index in [0.717, 1.165) is 12.1 Å². The number of anilines is 1. The van der Waals surface area contributed by atoms with Gasteiger partial charge in [0.15, 0.2) is 0 Å². The first-order valence-electron chi connectivity index (χ1n) is 10.1.